The predicted octanol–water partition coefficient (Wildman–Crippen LogP) is 4.12. The number of halogens is 3. The number of nitrogens with zero attached hydrogens (tertiary/aromatic N) is 2. The van der Waals surface area contributed by atoms with E-state index in [1.54, 1.807) is 42.4 Å². The minimum atomic E-state index is -0.250. The lowest BCUT2D eigenvalue weighted by Crippen LogP contribution is -2.30. The number of hydrogen-bond acceptors (Lipinski definition) is 3. The number of hydrogen-bond donors (Lipinski definition) is 1. The molecule has 0 unspecified atom stereocenters. The molecular formula is C14H12Cl3N3O. The third-order valence-corrected chi connectivity index (χ3v) is 3.69. The molecular weight excluding hydrogens is 333 g/mol. The molecule has 21 heavy (non-hydrogen) atoms. The molecule has 2 aromatic rings. The van der Waals surface area contributed by atoms with Gasteiger partial charge < -0.3 is 10.2 Å². The average Bonchev–Trinajstić information content (AvgIpc) is 2.43. The first kappa shape index (κ1) is 15.9. The van der Waals surface area contributed by atoms with Gasteiger partial charge in [-0.3, -0.25) is 9.78 Å². The van der Waals surface area contributed by atoms with Gasteiger partial charge in [-0.1, -0.05) is 40.9 Å². The number of carbonyl (C=O) groups excluding carboxylic acids is 1. The van der Waals surface area contributed by atoms with Gasteiger partial charge >= 0.3 is 0 Å². The summed E-state index contributed by atoms with van der Waals surface area (Å²) in [6.07, 6.45) is 3.14. The van der Waals surface area contributed by atoms with Gasteiger partial charge in [0, 0.05) is 19.4 Å². The van der Waals surface area contributed by atoms with E-state index >= 15 is 0 Å². The summed E-state index contributed by atoms with van der Waals surface area (Å²) >= 11 is 18.1. The zero-order valence-electron chi connectivity index (χ0n) is 11.1. The zero-order chi connectivity index (χ0) is 15.4. The van der Waals surface area contributed by atoms with E-state index < -0.39 is 0 Å². The number of likely N-dealkylation sites (N-methyl/N-ethyl adjacent to an activating group) is 1. The summed E-state index contributed by atoms with van der Waals surface area (Å²) in [5.41, 5.74) is 1.12. The van der Waals surface area contributed by atoms with Crippen molar-refractivity contribution in [2.45, 2.75) is 0 Å². The molecule has 1 amide bonds. The van der Waals surface area contributed by atoms with Crippen LogP contribution < -0.4 is 10.2 Å². The Balaban J connectivity index is 2.07. The molecule has 0 aliphatic carbocycles. The van der Waals surface area contributed by atoms with Crippen LogP contribution in [0.15, 0.2) is 36.7 Å². The molecule has 0 aliphatic heterocycles. The number of anilines is 2. The summed E-state index contributed by atoms with van der Waals surface area (Å²) in [6.45, 7) is 0.102. The largest absolute Gasteiger partial charge is 0.364 e. The highest BCUT2D eigenvalue weighted by atomic mass is 35.5. The molecule has 110 valence electrons. The van der Waals surface area contributed by atoms with Crippen molar-refractivity contribution in [3.8, 4) is 0 Å². The quantitative estimate of drug-likeness (QED) is 0.907. The summed E-state index contributed by atoms with van der Waals surface area (Å²) in [6, 6.07) is 6.76. The number of nitrogens with one attached hydrogen (secondary N) is 1. The van der Waals surface area contributed by atoms with Crippen molar-refractivity contribution in [1.82, 2.24) is 4.98 Å². The Morgan fingerprint density at radius 2 is 1.86 bits per heavy atom. The van der Waals surface area contributed by atoms with Crippen LogP contribution in [-0.4, -0.2) is 24.5 Å². The van der Waals surface area contributed by atoms with Crippen molar-refractivity contribution in [2.24, 2.45) is 0 Å². The van der Waals surface area contributed by atoms with Crippen molar-refractivity contribution in [3.63, 3.8) is 0 Å². The standard InChI is InChI=1S/C14H12Cl3N3O/c1-20(12-5-6-18-7-11(12)17)8-13(21)19-14-9(15)3-2-4-10(14)16/h2-7H,8H2,1H3,(H,19,21). The maximum Gasteiger partial charge on any atom is 0.243 e. The highest BCUT2D eigenvalue weighted by Gasteiger charge is 2.13. The van der Waals surface area contributed by atoms with E-state index in [0.717, 1.165) is 0 Å². The first-order valence-electron chi connectivity index (χ1n) is 6.03. The molecule has 0 saturated heterocycles. The van der Waals surface area contributed by atoms with Gasteiger partial charge in [-0.2, -0.15) is 0 Å². The van der Waals surface area contributed by atoms with E-state index in [1.807, 2.05) is 0 Å². The summed E-state index contributed by atoms with van der Waals surface area (Å²) in [5, 5.41) is 3.95. The summed E-state index contributed by atoms with van der Waals surface area (Å²) in [4.78, 5) is 17.7. The van der Waals surface area contributed by atoms with Crippen molar-refractivity contribution in [3.05, 3.63) is 51.7 Å². The Labute approximate surface area is 137 Å². The predicted molar refractivity (Wildman–Crippen MR) is 87.6 cm³/mol. The highest BCUT2D eigenvalue weighted by molar-refractivity contribution is 6.39. The zero-order valence-corrected chi connectivity index (χ0v) is 13.4. The average molecular weight is 345 g/mol. The van der Waals surface area contributed by atoms with Gasteiger partial charge in [0.1, 0.15) is 0 Å². The summed E-state index contributed by atoms with van der Waals surface area (Å²) in [5.74, 6) is -0.250. The lowest BCUT2D eigenvalue weighted by molar-refractivity contribution is -0.114. The smallest absolute Gasteiger partial charge is 0.243 e. The highest BCUT2D eigenvalue weighted by Crippen LogP contribution is 2.30. The van der Waals surface area contributed by atoms with E-state index in [4.69, 9.17) is 34.8 Å². The topological polar surface area (TPSA) is 45.2 Å². The Morgan fingerprint density at radius 1 is 1.19 bits per heavy atom. The van der Waals surface area contributed by atoms with Crippen LogP contribution in [0.1, 0.15) is 0 Å². The van der Waals surface area contributed by atoms with Crippen LogP contribution in [0.3, 0.4) is 0 Å². The van der Waals surface area contributed by atoms with Crippen LogP contribution in [0.4, 0.5) is 11.4 Å². The molecule has 2 rings (SSSR count). The third kappa shape index (κ3) is 4.00. The molecule has 4 nitrogen and oxygen atoms in total. The first-order valence-corrected chi connectivity index (χ1v) is 7.17. The Hall–Kier alpha value is -1.49. The van der Waals surface area contributed by atoms with Crippen molar-refractivity contribution >= 4 is 52.1 Å². The van der Waals surface area contributed by atoms with E-state index in [-0.39, 0.29) is 12.5 Å². The molecule has 7 heteroatoms. The van der Waals surface area contributed by atoms with Crippen LogP contribution in [0.5, 0.6) is 0 Å². The second kappa shape index (κ2) is 6.98. The van der Waals surface area contributed by atoms with Gasteiger partial charge in [-0.05, 0) is 18.2 Å². The fourth-order valence-corrected chi connectivity index (χ4v) is 2.53. The van der Waals surface area contributed by atoms with Crippen molar-refractivity contribution in [2.75, 3.05) is 23.8 Å². The number of amides is 1. The van der Waals surface area contributed by atoms with E-state index in [1.165, 1.54) is 6.20 Å². The number of rotatable bonds is 4. The minimum Gasteiger partial charge on any atom is -0.364 e. The molecule has 0 radical (unpaired) electrons. The van der Waals surface area contributed by atoms with Crippen LogP contribution in [0.2, 0.25) is 15.1 Å². The molecule has 1 aromatic heterocycles. The number of benzene rings is 1. The van der Waals surface area contributed by atoms with Crippen LogP contribution >= 0.6 is 34.8 Å². The monoisotopic (exact) mass is 343 g/mol. The van der Waals surface area contributed by atoms with E-state index in [9.17, 15) is 4.79 Å². The number of aromatic nitrogens is 1. The van der Waals surface area contributed by atoms with Gasteiger partial charge in [0.15, 0.2) is 0 Å². The summed E-state index contributed by atoms with van der Waals surface area (Å²) in [7, 11) is 1.76. The SMILES string of the molecule is CN(CC(=O)Nc1c(Cl)cccc1Cl)c1ccncc1Cl. The lowest BCUT2D eigenvalue weighted by atomic mass is 10.3. The molecule has 1 heterocycles. The molecule has 0 bridgehead atoms. The third-order valence-electron chi connectivity index (χ3n) is 2.77. The van der Waals surface area contributed by atoms with Crippen LogP contribution in [0, 0.1) is 0 Å². The van der Waals surface area contributed by atoms with Gasteiger partial charge in [-0.15, -0.1) is 0 Å². The first-order chi connectivity index (χ1) is 9.99. The Morgan fingerprint density at radius 3 is 2.48 bits per heavy atom. The number of carbonyl (C=O) groups is 1. The Kier molecular flexibility index (Phi) is 5.28. The minimum absolute atomic E-state index is 0.102. The van der Waals surface area contributed by atoms with Gasteiger partial charge in [0.05, 0.1) is 33.0 Å². The molecule has 0 saturated carbocycles. The van der Waals surface area contributed by atoms with Gasteiger partial charge in [0.2, 0.25) is 5.91 Å². The van der Waals surface area contributed by atoms with Crippen molar-refractivity contribution < 1.29 is 4.79 Å². The number of pyridine rings is 1. The number of para-hydroxylation sites is 1. The normalized spacial score (nSPS) is 10.3. The van der Waals surface area contributed by atoms with Crippen molar-refractivity contribution in [1.29, 1.82) is 0 Å². The molecule has 0 atom stereocenters. The second-order valence-corrected chi connectivity index (χ2v) is 5.55. The van der Waals surface area contributed by atoms with Gasteiger partial charge in [0.25, 0.3) is 0 Å². The lowest BCUT2D eigenvalue weighted by Gasteiger charge is -2.20. The van der Waals surface area contributed by atoms with Crippen LogP contribution in [0.25, 0.3) is 0 Å². The maximum absolute atomic E-state index is 12.1. The second-order valence-electron chi connectivity index (χ2n) is 4.33. The summed E-state index contributed by atoms with van der Waals surface area (Å²) < 4.78 is 0. The molecule has 0 spiro atoms. The molecule has 1 aromatic carbocycles. The molecule has 0 aliphatic rings. The maximum atomic E-state index is 12.1. The van der Waals surface area contributed by atoms with E-state index in [0.29, 0.717) is 26.4 Å². The fourth-order valence-electron chi connectivity index (χ4n) is 1.77. The van der Waals surface area contributed by atoms with Crippen LogP contribution in [-0.2, 0) is 4.79 Å². The van der Waals surface area contributed by atoms with Gasteiger partial charge in [-0.25, -0.2) is 0 Å². The molecule has 0 fully saturated rings. The molecule has 1 N–H and O–H groups in total. The van der Waals surface area contributed by atoms with E-state index in [2.05, 4.69) is 10.3 Å². The fraction of sp³-hybridized carbons (Fsp3) is 0.143. The Bertz CT molecular complexity index is 643.